The van der Waals surface area contributed by atoms with Crippen LogP contribution < -0.4 is 5.32 Å². The highest BCUT2D eigenvalue weighted by atomic mass is 32.2. The van der Waals surface area contributed by atoms with Gasteiger partial charge in [0.05, 0.1) is 5.75 Å². The third kappa shape index (κ3) is 5.86. The molecule has 1 saturated heterocycles. The van der Waals surface area contributed by atoms with E-state index in [0.717, 1.165) is 12.8 Å². The van der Waals surface area contributed by atoms with Crippen LogP contribution in [0.4, 0.5) is 0 Å². The second-order valence-electron chi connectivity index (χ2n) is 4.93. The van der Waals surface area contributed by atoms with E-state index >= 15 is 0 Å². The first kappa shape index (κ1) is 17.7. The maximum Gasteiger partial charge on any atom is 0.150 e. The summed E-state index contributed by atoms with van der Waals surface area (Å²) in [6.45, 7) is 3.98. The van der Waals surface area contributed by atoms with E-state index in [1.165, 1.54) is 17.9 Å². The van der Waals surface area contributed by atoms with Crippen LogP contribution in [0.2, 0.25) is 0 Å². The van der Waals surface area contributed by atoms with Gasteiger partial charge < -0.3 is 5.32 Å². The molecule has 1 fully saturated rings. The summed E-state index contributed by atoms with van der Waals surface area (Å²) < 4.78 is 23.1. The molecule has 0 spiro atoms. The van der Waals surface area contributed by atoms with Crippen molar-refractivity contribution in [2.75, 3.05) is 30.1 Å². The van der Waals surface area contributed by atoms with Gasteiger partial charge in [-0.3, -0.25) is 0 Å². The maximum absolute atomic E-state index is 11.5. The lowest BCUT2D eigenvalue weighted by molar-refractivity contribution is 0.482. The average Bonchev–Trinajstić information content (AvgIpc) is 2.43. The van der Waals surface area contributed by atoms with E-state index in [-0.39, 0.29) is 5.75 Å². The van der Waals surface area contributed by atoms with Gasteiger partial charge in [-0.25, -0.2) is 8.42 Å². The first-order valence-electron chi connectivity index (χ1n) is 7.15. The minimum absolute atomic E-state index is 0.267. The Balaban J connectivity index is 2.48. The predicted octanol–water partition coefficient (Wildman–Crippen LogP) is 2.42. The Bertz CT molecular complexity index is 346. The lowest BCUT2D eigenvalue weighted by Crippen LogP contribution is -2.43. The zero-order chi connectivity index (χ0) is 14.3. The lowest BCUT2D eigenvalue weighted by atomic mass is 10.0. The Hall–Kier alpha value is 0.610. The second kappa shape index (κ2) is 8.80. The molecule has 0 saturated carbocycles. The zero-order valence-corrected chi connectivity index (χ0v) is 14.7. The number of nitrogens with one attached hydrogen (secondary N) is 1. The van der Waals surface area contributed by atoms with E-state index in [4.69, 9.17) is 0 Å². The number of rotatable bonds is 8. The Morgan fingerprint density at radius 1 is 1.26 bits per heavy atom. The van der Waals surface area contributed by atoms with Gasteiger partial charge in [0.1, 0.15) is 9.84 Å². The lowest BCUT2D eigenvalue weighted by Gasteiger charge is -2.36. The van der Waals surface area contributed by atoms with Crippen molar-refractivity contribution in [1.29, 1.82) is 0 Å². The summed E-state index contributed by atoms with van der Waals surface area (Å²) in [6.07, 6.45) is 2.94. The van der Waals surface area contributed by atoms with E-state index in [0.29, 0.717) is 22.3 Å². The Morgan fingerprint density at radius 3 is 2.53 bits per heavy atom. The molecule has 0 aromatic heterocycles. The fraction of sp³-hybridized carbons (Fsp3) is 1.00. The van der Waals surface area contributed by atoms with Crippen LogP contribution in [0.15, 0.2) is 0 Å². The Labute approximate surface area is 127 Å². The van der Waals surface area contributed by atoms with Crippen molar-refractivity contribution in [1.82, 2.24) is 5.32 Å². The molecule has 3 unspecified atom stereocenters. The highest BCUT2D eigenvalue weighted by Crippen LogP contribution is 2.36. The zero-order valence-electron chi connectivity index (χ0n) is 12.2. The van der Waals surface area contributed by atoms with Crippen LogP contribution >= 0.6 is 23.5 Å². The Kier molecular flexibility index (Phi) is 8.18. The smallest absolute Gasteiger partial charge is 0.150 e. The standard InChI is InChI=1S/C13H27NO2S3/c1-4-12-13(18-9-8-17-12)11(14-3)7-6-10-19(15,16)5-2/h11-14H,4-10H2,1-3H3. The third-order valence-electron chi connectivity index (χ3n) is 3.67. The molecule has 19 heavy (non-hydrogen) atoms. The fourth-order valence-corrected chi connectivity index (χ4v) is 6.69. The summed E-state index contributed by atoms with van der Waals surface area (Å²) in [4.78, 5) is 0. The summed E-state index contributed by atoms with van der Waals surface area (Å²) >= 11 is 4.14. The molecule has 0 aromatic carbocycles. The number of thioether (sulfide) groups is 2. The first-order valence-corrected chi connectivity index (χ1v) is 11.1. The largest absolute Gasteiger partial charge is 0.316 e. The van der Waals surface area contributed by atoms with Crippen LogP contribution in [0.5, 0.6) is 0 Å². The first-order chi connectivity index (χ1) is 9.04. The van der Waals surface area contributed by atoms with Crippen molar-refractivity contribution in [3.63, 3.8) is 0 Å². The van der Waals surface area contributed by atoms with E-state index in [1.807, 2.05) is 7.05 Å². The van der Waals surface area contributed by atoms with Gasteiger partial charge in [-0.2, -0.15) is 23.5 Å². The molecular weight excluding hydrogens is 298 g/mol. The van der Waals surface area contributed by atoms with Gasteiger partial charge in [0.25, 0.3) is 0 Å². The van der Waals surface area contributed by atoms with Crippen molar-refractivity contribution in [3.8, 4) is 0 Å². The fourth-order valence-electron chi connectivity index (χ4n) is 2.45. The Morgan fingerprint density at radius 2 is 1.95 bits per heavy atom. The van der Waals surface area contributed by atoms with Gasteiger partial charge in [0, 0.05) is 33.8 Å². The monoisotopic (exact) mass is 325 g/mol. The summed E-state index contributed by atoms with van der Waals surface area (Å²) in [6, 6.07) is 0.440. The van der Waals surface area contributed by atoms with E-state index in [2.05, 4.69) is 35.8 Å². The van der Waals surface area contributed by atoms with Gasteiger partial charge in [-0.1, -0.05) is 13.8 Å². The van der Waals surface area contributed by atoms with Crippen molar-refractivity contribution < 1.29 is 8.42 Å². The van der Waals surface area contributed by atoms with Crippen molar-refractivity contribution in [3.05, 3.63) is 0 Å². The molecule has 0 amide bonds. The van der Waals surface area contributed by atoms with Gasteiger partial charge in [0.2, 0.25) is 0 Å². The second-order valence-corrected chi connectivity index (χ2v) is 10.0. The van der Waals surface area contributed by atoms with Crippen molar-refractivity contribution in [2.45, 2.75) is 49.7 Å². The van der Waals surface area contributed by atoms with Gasteiger partial charge in [-0.05, 0) is 26.3 Å². The van der Waals surface area contributed by atoms with Crippen LogP contribution in [0.3, 0.4) is 0 Å². The molecular formula is C13H27NO2S3. The molecule has 1 N–H and O–H groups in total. The summed E-state index contributed by atoms with van der Waals surface area (Å²) in [5, 5.41) is 4.74. The summed E-state index contributed by atoms with van der Waals surface area (Å²) in [5.41, 5.74) is 0. The van der Waals surface area contributed by atoms with Crippen molar-refractivity contribution >= 4 is 33.4 Å². The minimum atomic E-state index is -2.81. The van der Waals surface area contributed by atoms with Crippen LogP contribution in [0.1, 0.15) is 33.1 Å². The average molecular weight is 326 g/mol. The van der Waals surface area contributed by atoms with Crippen LogP contribution in [0.25, 0.3) is 0 Å². The molecule has 0 bridgehead atoms. The molecule has 1 aliphatic rings. The number of hydrogen-bond acceptors (Lipinski definition) is 5. The highest BCUT2D eigenvalue weighted by Gasteiger charge is 2.31. The molecule has 0 aliphatic carbocycles. The van der Waals surface area contributed by atoms with Gasteiger partial charge >= 0.3 is 0 Å². The van der Waals surface area contributed by atoms with E-state index < -0.39 is 9.84 Å². The van der Waals surface area contributed by atoms with Gasteiger partial charge in [-0.15, -0.1) is 0 Å². The van der Waals surface area contributed by atoms with E-state index in [1.54, 1.807) is 6.92 Å². The van der Waals surface area contributed by atoms with Crippen molar-refractivity contribution in [2.24, 2.45) is 0 Å². The predicted molar refractivity (Wildman–Crippen MR) is 89.2 cm³/mol. The number of hydrogen-bond donors (Lipinski definition) is 1. The summed E-state index contributed by atoms with van der Waals surface area (Å²) in [5.74, 6) is 3.07. The molecule has 114 valence electrons. The molecule has 3 atom stereocenters. The van der Waals surface area contributed by atoms with Crippen LogP contribution in [-0.4, -0.2) is 55.0 Å². The number of sulfone groups is 1. The molecule has 6 heteroatoms. The maximum atomic E-state index is 11.5. The van der Waals surface area contributed by atoms with Crippen LogP contribution in [0, 0.1) is 0 Å². The minimum Gasteiger partial charge on any atom is -0.316 e. The molecule has 1 rings (SSSR count). The quantitative estimate of drug-likeness (QED) is 0.742. The molecule has 3 nitrogen and oxygen atoms in total. The third-order valence-corrected chi connectivity index (χ3v) is 8.87. The SMILES string of the molecule is CCC1SCCSC1C(CCCS(=O)(=O)CC)NC. The van der Waals surface area contributed by atoms with Gasteiger partial charge in [0.15, 0.2) is 0 Å². The van der Waals surface area contributed by atoms with Crippen LogP contribution in [-0.2, 0) is 9.84 Å². The van der Waals surface area contributed by atoms with E-state index in [9.17, 15) is 8.42 Å². The molecule has 1 aliphatic heterocycles. The summed E-state index contributed by atoms with van der Waals surface area (Å²) in [7, 11) is -0.807. The highest BCUT2D eigenvalue weighted by molar-refractivity contribution is 8.07. The molecule has 1 heterocycles. The normalized spacial score (nSPS) is 26.3. The molecule has 0 radical (unpaired) electrons. The topological polar surface area (TPSA) is 46.2 Å². The molecule has 0 aromatic rings.